The number of hydrogen-bond acceptors (Lipinski definition) is 4. The first-order chi connectivity index (χ1) is 8.58. The Bertz CT molecular complexity index is 503. The molecular weight excluding hydrogens is 302 g/mol. The molecule has 0 radical (unpaired) electrons. The van der Waals surface area contributed by atoms with Crippen LogP contribution in [0.1, 0.15) is 10.4 Å². The lowest BCUT2D eigenvalue weighted by molar-refractivity contribution is -0.114. The van der Waals surface area contributed by atoms with E-state index in [0.717, 1.165) is 0 Å². The maximum absolute atomic E-state index is 11.8. The standard InChI is InChI=1S/C12H12BrNO4/c1-18-8-2-3-9-10(4-8)14(6-7(15)5-13)12(17)11(9)16/h2-4,7,15H,5-6H2,1H3. The Labute approximate surface area is 112 Å². The molecule has 1 aromatic rings. The maximum Gasteiger partial charge on any atom is 0.299 e. The Morgan fingerprint density at radius 3 is 2.78 bits per heavy atom. The molecule has 1 amide bonds. The second-order valence-electron chi connectivity index (χ2n) is 3.94. The number of hydrogen-bond donors (Lipinski definition) is 1. The number of nitrogens with zero attached hydrogens (tertiary/aromatic N) is 1. The summed E-state index contributed by atoms with van der Waals surface area (Å²) in [6.07, 6.45) is -0.723. The van der Waals surface area contributed by atoms with Crippen LogP contribution in [0.2, 0.25) is 0 Å². The molecule has 1 unspecified atom stereocenters. The molecule has 0 bridgehead atoms. The number of amides is 1. The van der Waals surface area contributed by atoms with Gasteiger partial charge in [-0.25, -0.2) is 0 Å². The Hall–Kier alpha value is -1.40. The van der Waals surface area contributed by atoms with E-state index in [4.69, 9.17) is 4.74 Å². The van der Waals surface area contributed by atoms with Gasteiger partial charge in [0, 0.05) is 11.4 Å². The summed E-state index contributed by atoms with van der Waals surface area (Å²) in [5.74, 6) is -0.595. The van der Waals surface area contributed by atoms with Gasteiger partial charge in [0.15, 0.2) is 0 Å². The highest BCUT2D eigenvalue weighted by Crippen LogP contribution is 2.32. The van der Waals surface area contributed by atoms with Crippen LogP contribution < -0.4 is 9.64 Å². The minimum Gasteiger partial charge on any atom is -0.497 e. The number of methoxy groups -OCH3 is 1. The molecule has 1 N–H and O–H groups in total. The fourth-order valence-electron chi connectivity index (χ4n) is 1.84. The topological polar surface area (TPSA) is 66.8 Å². The van der Waals surface area contributed by atoms with Crippen LogP contribution >= 0.6 is 15.9 Å². The summed E-state index contributed by atoms with van der Waals surface area (Å²) in [5, 5.41) is 9.93. The van der Waals surface area contributed by atoms with Gasteiger partial charge in [-0.3, -0.25) is 9.59 Å². The fourth-order valence-corrected chi connectivity index (χ4v) is 2.05. The van der Waals surface area contributed by atoms with E-state index in [-0.39, 0.29) is 6.54 Å². The van der Waals surface area contributed by atoms with E-state index in [9.17, 15) is 14.7 Å². The average molecular weight is 314 g/mol. The smallest absolute Gasteiger partial charge is 0.299 e. The third-order valence-electron chi connectivity index (χ3n) is 2.75. The molecule has 0 aliphatic carbocycles. The summed E-state index contributed by atoms with van der Waals surface area (Å²) in [4.78, 5) is 24.9. The summed E-state index contributed by atoms with van der Waals surface area (Å²) >= 11 is 3.13. The van der Waals surface area contributed by atoms with Gasteiger partial charge < -0.3 is 14.7 Å². The molecule has 0 aromatic heterocycles. The third kappa shape index (κ3) is 2.13. The number of aliphatic hydroxyl groups excluding tert-OH is 1. The highest BCUT2D eigenvalue weighted by molar-refractivity contribution is 9.09. The lowest BCUT2D eigenvalue weighted by Gasteiger charge is -2.19. The predicted octanol–water partition coefficient (Wildman–Crippen LogP) is 0.980. The molecule has 1 heterocycles. The quantitative estimate of drug-likeness (QED) is 0.664. The SMILES string of the molecule is COc1ccc2c(c1)N(CC(O)CBr)C(=O)C2=O. The zero-order valence-corrected chi connectivity index (χ0v) is 11.3. The van der Waals surface area contributed by atoms with Gasteiger partial charge in [-0.1, -0.05) is 15.9 Å². The number of rotatable bonds is 4. The molecule has 1 aromatic carbocycles. The van der Waals surface area contributed by atoms with E-state index in [0.29, 0.717) is 22.3 Å². The van der Waals surface area contributed by atoms with E-state index in [1.165, 1.54) is 12.0 Å². The van der Waals surface area contributed by atoms with Crippen LogP contribution in [0, 0.1) is 0 Å². The predicted molar refractivity (Wildman–Crippen MR) is 69.5 cm³/mol. The molecule has 2 rings (SSSR count). The van der Waals surface area contributed by atoms with E-state index >= 15 is 0 Å². The molecule has 96 valence electrons. The van der Waals surface area contributed by atoms with Gasteiger partial charge in [0.2, 0.25) is 0 Å². The number of ketones is 1. The van der Waals surface area contributed by atoms with Crippen LogP contribution in [0.15, 0.2) is 18.2 Å². The van der Waals surface area contributed by atoms with E-state index in [1.54, 1.807) is 18.2 Å². The van der Waals surface area contributed by atoms with Gasteiger partial charge in [0.1, 0.15) is 5.75 Å². The van der Waals surface area contributed by atoms with Crippen LogP contribution in [0.25, 0.3) is 0 Å². The number of benzene rings is 1. The largest absolute Gasteiger partial charge is 0.497 e. The number of carbonyl (C=O) groups excluding carboxylic acids is 2. The number of fused-ring (bicyclic) bond motifs is 1. The minimum atomic E-state index is -0.723. The summed E-state index contributed by atoms with van der Waals surface area (Å²) in [6.45, 7) is 0.0794. The maximum atomic E-state index is 11.8. The van der Waals surface area contributed by atoms with Gasteiger partial charge in [-0.2, -0.15) is 0 Å². The van der Waals surface area contributed by atoms with Crippen molar-refractivity contribution >= 4 is 33.3 Å². The molecule has 0 saturated heterocycles. The van der Waals surface area contributed by atoms with Crippen LogP contribution in [0.5, 0.6) is 5.75 Å². The molecule has 0 fully saturated rings. The Morgan fingerprint density at radius 2 is 2.17 bits per heavy atom. The lowest BCUT2D eigenvalue weighted by Crippen LogP contribution is -2.37. The highest BCUT2D eigenvalue weighted by atomic mass is 79.9. The number of Topliss-reactive ketones (excluding diaryl/α,β-unsaturated/α-hetero) is 1. The van der Waals surface area contributed by atoms with Crippen molar-refractivity contribution in [3.05, 3.63) is 23.8 Å². The fraction of sp³-hybridized carbons (Fsp3) is 0.333. The summed E-state index contributed by atoms with van der Waals surface area (Å²) in [7, 11) is 1.51. The van der Waals surface area contributed by atoms with Crippen LogP contribution in [-0.4, -0.2) is 41.9 Å². The number of aliphatic hydroxyl groups is 1. The second kappa shape index (κ2) is 5.07. The number of halogens is 1. The number of anilines is 1. The van der Waals surface area contributed by atoms with Crippen molar-refractivity contribution in [1.29, 1.82) is 0 Å². The molecule has 18 heavy (non-hydrogen) atoms. The molecule has 1 atom stereocenters. The number of alkyl halides is 1. The first kappa shape index (κ1) is 13.0. The first-order valence-electron chi connectivity index (χ1n) is 5.36. The molecular formula is C12H12BrNO4. The Kier molecular flexibility index (Phi) is 3.68. The zero-order valence-electron chi connectivity index (χ0n) is 9.72. The number of ether oxygens (including phenoxy) is 1. The monoisotopic (exact) mass is 313 g/mol. The molecule has 6 heteroatoms. The Balaban J connectivity index is 2.39. The number of carbonyl (C=O) groups is 2. The van der Waals surface area contributed by atoms with Crippen LogP contribution in [0.4, 0.5) is 5.69 Å². The van der Waals surface area contributed by atoms with Crippen LogP contribution in [0.3, 0.4) is 0 Å². The second-order valence-corrected chi connectivity index (χ2v) is 4.58. The van der Waals surface area contributed by atoms with Crippen LogP contribution in [-0.2, 0) is 4.79 Å². The van der Waals surface area contributed by atoms with Gasteiger partial charge >= 0.3 is 0 Å². The van der Waals surface area contributed by atoms with Gasteiger partial charge in [-0.15, -0.1) is 0 Å². The molecule has 1 aliphatic rings. The molecule has 0 saturated carbocycles. The van der Waals surface area contributed by atoms with E-state index in [2.05, 4.69) is 15.9 Å². The first-order valence-corrected chi connectivity index (χ1v) is 6.49. The Morgan fingerprint density at radius 1 is 1.44 bits per heavy atom. The van der Waals surface area contributed by atoms with Gasteiger partial charge in [-0.05, 0) is 12.1 Å². The van der Waals surface area contributed by atoms with Gasteiger partial charge in [0.05, 0.1) is 31.0 Å². The third-order valence-corrected chi connectivity index (χ3v) is 3.50. The highest BCUT2D eigenvalue weighted by Gasteiger charge is 2.36. The van der Waals surface area contributed by atoms with Gasteiger partial charge in [0.25, 0.3) is 11.7 Å². The van der Waals surface area contributed by atoms with Crippen molar-refractivity contribution < 1.29 is 19.4 Å². The zero-order chi connectivity index (χ0) is 13.3. The van der Waals surface area contributed by atoms with Crippen molar-refractivity contribution in [2.75, 3.05) is 23.9 Å². The summed E-state index contributed by atoms with van der Waals surface area (Å²) in [6, 6.07) is 4.82. The van der Waals surface area contributed by atoms with Crippen molar-refractivity contribution in [3.8, 4) is 5.75 Å². The summed E-state index contributed by atoms with van der Waals surface area (Å²) in [5.41, 5.74) is 0.840. The molecule has 1 aliphatic heterocycles. The molecule has 0 spiro atoms. The van der Waals surface area contributed by atoms with Crippen molar-refractivity contribution in [3.63, 3.8) is 0 Å². The van der Waals surface area contributed by atoms with E-state index in [1.807, 2.05) is 0 Å². The van der Waals surface area contributed by atoms with Crippen molar-refractivity contribution in [2.24, 2.45) is 0 Å². The molecule has 5 nitrogen and oxygen atoms in total. The van der Waals surface area contributed by atoms with Crippen molar-refractivity contribution in [1.82, 2.24) is 0 Å². The normalized spacial score (nSPS) is 15.8. The lowest BCUT2D eigenvalue weighted by atomic mass is 10.1. The average Bonchev–Trinajstić information content (AvgIpc) is 2.63. The van der Waals surface area contributed by atoms with Crippen molar-refractivity contribution in [2.45, 2.75) is 6.10 Å². The van der Waals surface area contributed by atoms with E-state index < -0.39 is 17.8 Å². The minimum absolute atomic E-state index is 0.0794. The number of β-amino-alcohol motifs (C(OH)–C–C–N with tert-alkyl or cyclic N) is 1. The summed E-state index contributed by atoms with van der Waals surface area (Å²) < 4.78 is 5.07.